The third-order valence-electron chi connectivity index (χ3n) is 3.08. The highest BCUT2D eigenvalue weighted by atomic mass is 16.6. The van der Waals surface area contributed by atoms with Crippen molar-refractivity contribution in [2.24, 2.45) is 4.99 Å². The molecule has 0 unspecified atom stereocenters. The van der Waals surface area contributed by atoms with Crippen LogP contribution >= 0.6 is 0 Å². The summed E-state index contributed by atoms with van der Waals surface area (Å²) in [6.45, 7) is 9.60. The fourth-order valence-electron chi connectivity index (χ4n) is 2.03. The summed E-state index contributed by atoms with van der Waals surface area (Å²) >= 11 is 0. The first-order chi connectivity index (χ1) is 11.3. The second-order valence-corrected chi connectivity index (χ2v) is 6.62. The average molecular weight is 334 g/mol. The van der Waals surface area contributed by atoms with Gasteiger partial charge < -0.3 is 20.7 Å². The van der Waals surface area contributed by atoms with E-state index in [1.165, 1.54) is 11.1 Å². The topological polar surface area (TPSA) is 74.8 Å². The number of hydrogen-bond donors (Lipinski definition) is 3. The standard InChI is InChI=1S/C18H30N4O2/c1-14-8-6-9-15(12-14)13-22-16(19-5)20-10-7-11-21-17(23)24-18(2,3)4/h6,8-9,12H,7,10-11,13H2,1-5H3,(H,21,23)(H2,19,20,22). The fourth-order valence-corrected chi connectivity index (χ4v) is 2.03. The Kier molecular flexibility index (Phi) is 8.09. The molecule has 134 valence electrons. The Morgan fingerprint density at radius 1 is 1.17 bits per heavy atom. The van der Waals surface area contributed by atoms with Gasteiger partial charge in [0.25, 0.3) is 0 Å². The Morgan fingerprint density at radius 3 is 2.50 bits per heavy atom. The van der Waals surface area contributed by atoms with Gasteiger partial charge in [-0.05, 0) is 39.7 Å². The van der Waals surface area contributed by atoms with E-state index in [9.17, 15) is 4.79 Å². The van der Waals surface area contributed by atoms with Crippen LogP contribution in [0.1, 0.15) is 38.3 Å². The molecule has 0 bridgehead atoms. The molecule has 1 aromatic carbocycles. The number of alkyl carbamates (subject to hydrolysis) is 1. The zero-order valence-corrected chi connectivity index (χ0v) is 15.4. The van der Waals surface area contributed by atoms with Crippen molar-refractivity contribution < 1.29 is 9.53 Å². The molecule has 6 nitrogen and oxygen atoms in total. The smallest absolute Gasteiger partial charge is 0.407 e. The summed E-state index contributed by atoms with van der Waals surface area (Å²) in [6.07, 6.45) is 0.397. The van der Waals surface area contributed by atoms with Gasteiger partial charge in [0.2, 0.25) is 0 Å². The molecule has 0 aliphatic rings. The van der Waals surface area contributed by atoms with Crippen LogP contribution < -0.4 is 16.0 Å². The van der Waals surface area contributed by atoms with E-state index in [1.807, 2.05) is 26.8 Å². The first-order valence-electron chi connectivity index (χ1n) is 8.27. The molecule has 1 amide bonds. The molecule has 6 heteroatoms. The molecule has 24 heavy (non-hydrogen) atoms. The summed E-state index contributed by atoms with van der Waals surface area (Å²) in [5.41, 5.74) is 1.99. The molecular formula is C18H30N4O2. The van der Waals surface area contributed by atoms with Crippen LogP contribution in [0.2, 0.25) is 0 Å². The summed E-state index contributed by atoms with van der Waals surface area (Å²) in [4.78, 5) is 15.7. The minimum atomic E-state index is -0.468. The van der Waals surface area contributed by atoms with Gasteiger partial charge in [0.1, 0.15) is 5.60 Å². The summed E-state index contributed by atoms with van der Waals surface area (Å²) in [5.74, 6) is 0.744. The van der Waals surface area contributed by atoms with Crippen molar-refractivity contribution in [1.82, 2.24) is 16.0 Å². The summed E-state index contributed by atoms with van der Waals surface area (Å²) in [7, 11) is 1.74. The number of guanidine groups is 1. The molecule has 0 radical (unpaired) electrons. The number of ether oxygens (including phenoxy) is 1. The minimum absolute atomic E-state index is 0.385. The van der Waals surface area contributed by atoms with E-state index in [1.54, 1.807) is 7.05 Å². The van der Waals surface area contributed by atoms with Crippen LogP contribution in [0.4, 0.5) is 4.79 Å². The van der Waals surface area contributed by atoms with Crippen LogP contribution in [0.25, 0.3) is 0 Å². The SMILES string of the molecule is CN=C(NCCCNC(=O)OC(C)(C)C)NCc1cccc(C)c1. The molecule has 0 aromatic heterocycles. The van der Waals surface area contributed by atoms with Crippen LogP contribution in [-0.4, -0.2) is 37.8 Å². The molecule has 0 aliphatic heterocycles. The van der Waals surface area contributed by atoms with Crippen molar-refractivity contribution >= 4 is 12.1 Å². The normalized spacial score (nSPS) is 11.8. The van der Waals surface area contributed by atoms with Gasteiger partial charge in [0, 0.05) is 26.7 Å². The van der Waals surface area contributed by atoms with E-state index in [4.69, 9.17) is 4.74 Å². The largest absolute Gasteiger partial charge is 0.444 e. The average Bonchev–Trinajstić information content (AvgIpc) is 2.48. The number of amides is 1. The molecule has 0 saturated carbocycles. The van der Waals surface area contributed by atoms with E-state index in [0.29, 0.717) is 13.1 Å². The molecule has 1 rings (SSSR count). The maximum Gasteiger partial charge on any atom is 0.407 e. The number of hydrogen-bond acceptors (Lipinski definition) is 3. The van der Waals surface area contributed by atoms with Gasteiger partial charge in [-0.15, -0.1) is 0 Å². The monoisotopic (exact) mass is 334 g/mol. The number of carbonyl (C=O) groups excluding carboxylic acids is 1. The number of carbonyl (C=O) groups is 1. The Hall–Kier alpha value is -2.24. The van der Waals surface area contributed by atoms with Gasteiger partial charge >= 0.3 is 6.09 Å². The first-order valence-corrected chi connectivity index (χ1v) is 8.27. The maximum absolute atomic E-state index is 11.5. The Balaban J connectivity index is 2.19. The summed E-state index contributed by atoms with van der Waals surface area (Å²) in [5, 5.41) is 9.23. The van der Waals surface area contributed by atoms with Crippen molar-refractivity contribution in [2.75, 3.05) is 20.1 Å². The highest BCUT2D eigenvalue weighted by molar-refractivity contribution is 5.79. The zero-order valence-electron chi connectivity index (χ0n) is 15.4. The summed E-state index contributed by atoms with van der Waals surface area (Å²) in [6, 6.07) is 8.35. The molecule has 0 atom stereocenters. The number of nitrogens with one attached hydrogen (secondary N) is 3. The van der Waals surface area contributed by atoms with Crippen molar-refractivity contribution in [1.29, 1.82) is 0 Å². The quantitative estimate of drug-likeness (QED) is 0.425. The number of nitrogens with zero attached hydrogens (tertiary/aromatic N) is 1. The van der Waals surface area contributed by atoms with Gasteiger partial charge in [0.15, 0.2) is 5.96 Å². The van der Waals surface area contributed by atoms with Gasteiger partial charge in [-0.1, -0.05) is 29.8 Å². The molecule has 0 fully saturated rings. The van der Waals surface area contributed by atoms with E-state index in [0.717, 1.165) is 18.9 Å². The van der Waals surface area contributed by atoms with Crippen LogP contribution in [0, 0.1) is 6.92 Å². The van der Waals surface area contributed by atoms with Gasteiger partial charge in [-0.2, -0.15) is 0 Å². The van der Waals surface area contributed by atoms with E-state index in [-0.39, 0.29) is 6.09 Å². The van der Waals surface area contributed by atoms with Crippen LogP contribution in [0.15, 0.2) is 29.3 Å². The first kappa shape index (κ1) is 19.8. The van der Waals surface area contributed by atoms with Crippen molar-refractivity contribution in [3.05, 3.63) is 35.4 Å². The van der Waals surface area contributed by atoms with Crippen molar-refractivity contribution in [3.8, 4) is 0 Å². The predicted molar refractivity (Wildman–Crippen MR) is 98.2 cm³/mol. The molecule has 1 aromatic rings. The molecule has 0 aliphatic carbocycles. The molecule has 0 heterocycles. The lowest BCUT2D eigenvalue weighted by atomic mass is 10.1. The maximum atomic E-state index is 11.5. The molecular weight excluding hydrogens is 304 g/mol. The van der Waals surface area contributed by atoms with Gasteiger partial charge in [-0.3, -0.25) is 4.99 Å². The number of aryl methyl sites for hydroxylation is 1. The molecule has 0 spiro atoms. The number of rotatable bonds is 6. The molecule has 3 N–H and O–H groups in total. The predicted octanol–water partition coefficient (Wildman–Crippen LogP) is 2.57. The van der Waals surface area contributed by atoms with Crippen LogP contribution in [-0.2, 0) is 11.3 Å². The Bertz CT molecular complexity index is 550. The second-order valence-electron chi connectivity index (χ2n) is 6.62. The van der Waals surface area contributed by atoms with E-state index >= 15 is 0 Å². The van der Waals surface area contributed by atoms with Crippen LogP contribution in [0.5, 0.6) is 0 Å². The number of aliphatic imine (C=N–C) groups is 1. The Morgan fingerprint density at radius 2 is 1.88 bits per heavy atom. The van der Waals surface area contributed by atoms with Crippen LogP contribution in [0.3, 0.4) is 0 Å². The Labute approximate surface area is 145 Å². The zero-order chi connectivity index (χ0) is 18.0. The van der Waals surface area contributed by atoms with Crippen molar-refractivity contribution in [3.63, 3.8) is 0 Å². The summed E-state index contributed by atoms with van der Waals surface area (Å²) < 4.78 is 5.18. The van der Waals surface area contributed by atoms with E-state index < -0.39 is 5.60 Å². The highest BCUT2D eigenvalue weighted by Gasteiger charge is 2.15. The lowest BCUT2D eigenvalue weighted by molar-refractivity contribution is 0.0527. The lowest BCUT2D eigenvalue weighted by Gasteiger charge is -2.19. The van der Waals surface area contributed by atoms with Gasteiger partial charge in [0.05, 0.1) is 0 Å². The number of benzene rings is 1. The van der Waals surface area contributed by atoms with E-state index in [2.05, 4.69) is 46.1 Å². The molecule has 0 saturated heterocycles. The highest BCUT2D eigenvalue weighted by Crippen LogP contribution is 2.06. The fraction of sp³-hybridized carbons (Fsp3) is 0.556. The second kappa shape index (κ2) is 9.80. The third-order valence-corrected chi connectivity index (χ3v) is 3.08. The third kappa shape index (κ3) is 9.02. The lowest BCUT2D eigenvalue weighted by Crippen LogP contribution is -2.39. The minimum Gasteiger partial charge on any atom is -0.444 e. The van der Waals surface area contributed by atoms with Gasteiger partial charge in [-0.25, -0.2) is 4.79 Å². The van der Waals surface area contributed by atoms with Crippen molar-refractivity contribution in [2.45, 2.75) is 46.3 Å².